The van der Waals surface area contributed by atoms with Crippen LogP contribution in [0.3, 0.4) is 0 Å². The molecular weight excluding hydrogens is 292 g/mol. The zero-order valence-electron chi connectivity index (χ0n) is 7.15. The molecule has 0 radical (unpaired) electrons. The molecule has 4 nitrogen and oxygen atoms in total. The van der Waals surface area contributed by atoms with Gasteiger partial charge in [0.05, 0.1) is 10.2 Å². The van der Waals surface area contributed by atoms with Crippen LogP contribution in [0.15, 0.2) is 22.0 Å². The lowest BCUT2D eigenvalue weighted by molar-refractivity contribution is 0.585. The van der Waals surface area contributed by atoms with E-state index in [0.717, 1.165) is 0 Å². The smallest absolute Gasteiger partial charge is 0.226 e. The van der Waals surface area contributed by atoms with Crippen molar-refractivity contribution in [3.63, 3.8) is 0 Å². The van der Waals surface area contributed by atoms with Gasteiger partial charge >= 0.3 is 0 Å². The fourth-order valence-corrected chi connectivity index (χ4v) is 2.43. The summed E-state index contributed by atoms with van der Waals surface area (Å²) in [5.74, 6) is 0.299. The van der Waals surface area contributed by atoms with Crippen LogP contribution in [0.25, 0.3) is 0 Å². The summed E-state index contributed by atoms with van der Waals surface area (Å²) in [4.78, 5) is 7.43. The first-order valence-electron chi connectivity index (χ1n) is 3.82. The monoisotopic (exact) mass is 298 g/mol. The Balaban J connectivity index is 2.87. The van der Waals surface area contributed by atoms with E-state index in [0.29, 0.717) is 16.8 Å². The molecule has 0 atom stereocenters. The molecule has 0 saturated carbocycles. The molecule has 1 aromatic heterocycles. The lowest BCUT2D eigenvalue weighted by atomic mass is 10.6. The topological polar surface area (TPSA) is 59.9 Å². The van der Waals surface area contributed by atoms with Gasteiger partial charge in [-0.3, -0.25) is 0 Å². The summed E-state index contributed by atoms with van der Waals surface area (Å²) in [5.41, 5.74) is 0. The molecule has 0 aliphatic carbocycles. The highest BCUT2D eigenvalue weighted by atomic mass is 79.9. The third-order valence-electron chi connectivity index (χ3n) is 1.42. The zero-order chi connectivity index (χ0) is 10.6. The minimum atomic E-state index is -3.37. The van der Waals surface area contributed by atoms with E-state index in [1.165, 1.54) is 12.4 Å². The van der Waals surface area contributed by atoms with Crippen molar-refractivity contribution in [1.29, 1.82) is 0 Å². The Kier molecular flexibility index (Phi) is 4.28. The van der Waals surface area contributed by atoms with Crippen LogP contribution < -0.4 is 0 Å². The Labute approximate surface area is 95.8 Å². The van der Waals surface area contributed by atoms with E-state index >= 15 is 0 Å². The van der Waals surface area contributed by atoms with Gasteiger partial charge in [-0.05, 0) is 22.4 Å². The number of alkyl halides is 1. The normalized spacial score (nSPS) is 11.6. The highest BCUT2D eigenvalue weighted by molar-refractivity contribution is 9.10. The lowest BCUT2D eigenvalue weighted by Gasteiger charge is -2.00. The highest BCUT2D eigenvalue weighted by Gasteiger charge is 2.16. The van der Waals surface area contributed by atoms with E-state index in [9.17, 15) is 8.42 Å². The van der Waals surface area contributed by atoms with Gasteiger partial charge < -0.3 is 0 Å². The van der Waals surface area contributed by atoms with Gasteiger partial charge in [-0.2, -0.15) is 0 Å². The second-order valence-corrected chi connectivity index (χ2v) is 5.84. The van der Waals surface area contributed by atoms with Crippen molar-refractivity contribution in [2.75, 3.05) is 11.6 Å². The Hall–Kier alpha value is -0.200. The summed E-state index contributed by atoms with van der Waals surface area (Å²) in [7, 11) is -3.37. The molecule has 0 fully saturated rings. The van der Waals surface area contributed by atoms with Crippen LogP contribution in [0.4, 0.5) is 0 Å². The van der Waals surface area contributed by atoms with Crippen LogP contribution in [0.1, 0.15) is 6.42 Å². The van der Waals surface area contributed by atoms with Crippen LogP contribution in [0, 0.1) is 0 Å². The van der Waals surface area contributed by atoms with Crippen molar-refractivity contribution in [2.24, 2.45) is 0 Å². The van der Waals surface area contributed by atoms with Gasteiger partial charge in [0.15, 0.2) is 0 Å². The SMILES string of the molecule is O=S(=O)(CCCCl)c1ncc(Br)cn1. The molecule has 1 rings (SSSR count). The molecule has 7 heteroatoms. The molecule has 1 aromatic rings. The zero-order valence-corrected chi connectivity index (χ0v) is 10.3. The predicted octanol–water partition coefficient (Wildman–Crippen LogP) is 1.64. The molecule has 0 bridgehead atoms. The quantitative estimate of drug-likeness (QED) is 0.626. The van der Waals surface area contributed by atoms with Gasteiger partial charge in [-0.15, -0.1) is 11.6 Å². The molecule has 0 N–H and O–H groups in total. The van der Waals surface area contributed by atoms with Crippen molar-refractivity contribution < 1.29 is 8.42 Å². The molecule has 14 heavy (non-hydrogen) atoms. The first kappa shape index (κ1) is 11.9. The summed E-state index contributed by atoms with van der Waals surface area (Å²) in [6.07, 6.45) is 3.21. The number of aromatic nitrogens is 2. The molecule has 0 unspecified atom stereocenters. The van der Waals surface area contributed by atoms with Gasteiger partial charge in [0.1, 0.15) is 0 Å². The summed E-state index contributed by atoms with van der Waals surface area (Å²) in [6, 6.07) is 0. The van der Waals surface area contributed by atoms with Gasteiger partial charge in [0.2, 0.25) is 15.0 Å². The largest absolute Gasteiger partial charge is 0.247 e. The molecule has 0 aliphatic rings. The number of nitrogens with zero attached hydrogens (tertiary/aromatic N) is 2. The van der Waals surface area contributed by atoms with Crippen molar-refractivity contribution >= 4 is 37.4 Å². The first-order chi connectivity index (χ1) is 6.56. The molecule has 0 amide bonds. The molecule has 78 valence electrons. The van der Waals surface area contributed by atoms with Crippen LogP contribution >= 0.6 is 27.5 Å². The van der Waals surface area contributed by atoms with E-state index in [-0.39, 0.29) is 10.9 Å². The number of hydrogen-bond acceptors (Lipinski definition) is 4. The summed E-state index contributed by atoms with van der Waals surface area (Å²) in [5, 5.41) is -0.147. The highest BCUT2D eigenvalue weighted by Crippen LogP contribution is 2.10. The Morgan fingerprint density at radius 2 is 1.93 bits per heavy atom. The fourth-order valence-electron chi connectivity index (χ4n) is 0.797. The first-order valence-corrected chi connectivity index (χ1v) is 6.80. The van der Waals surface area contributed by atoms with E-state index in [4.69, 9.17) is 11.6 Å². The third kappa shape index (κ3) is 3.18. The van der Waals surface area contributed by atoms with E-state index in [2.05, 4.69) is 25.9 Å². The number of halogens is 2. The molecular formula is C7H8BrClN2O2S. The second-order valence-electron chi connectivity index (χ2n) is 2.55. The van der Waals surface area contributed by atoms with Crippen molar-refractivity contribution in [3.8, 4) is 0 Å². The summed E-state index contributed by atoms with van der Waals surface area (Å²) >= 11 is 8.53. The van der Waals surface area contributed by atoms with Gasteiger partial charge in [0, 0.05) is 18.3 Å². The van der Waals surface area contributed by atoms with Gasteiger partial charge in [0.25, 0.3) is 0 Å². The van der Waals surface area contributed by atoms with Crippen molar-refractivity contribution in [1.82, 2.24) is 9.97 Å². The average Bonchev–Trinajstić information content (AvgIpc) is 2.16. The van der Waals surface area contributed by atoms with Gasteiger partial charge in [-0.1, -0.05) is 0 Å². The maximum Gasteiger partial charge on any atom is 0.247 e. The van der Waals surface area contributed by atoms with E-state index < -0.39 is 9.84 Å². The molecule has 0 saturated heterocycles. The van der Waals surface area contributed by atoms with Crippen molar-refractivity contribution in [3.05, 3.63) is 16.9 Å². The minimum absolute atomic E-state index is 0.0157. The summed E-state index contributed by atoms with van der Waals surface area (Å²) < 4.78 is 23.7. The molecule has 1 heterocycles. The Bertz CT molecular complexity index is 393. The van der Waals surface area contributed by atoms with Crippen LogP contribution in [0.2, 0.25) is 0 Å². The lowest BCUT2D eigenvalue weighted by Crippen LogP contribution is -2.11. The maximum absolute atomic E-state index is 11.5. The van der Waals surface area contributed by atoms with E-state index in [1.807, 2.05) is 0 Å². The molecule has 0 spiro atoms. The van der Waals surface area contributed by atoms with Gasteiger partial charge in [-0.25, -0.2) is 18.4 Å². The Morgan fingerprint density at radius 1 is 1.36 bits per heavy atom. The Morgan fingerprint density at radius 3 is 2.43 bits per heavy atom. The van der Waals surface area contributed by atoms with Crippen LogP contribution in [-0.4, -0.2) is 30.0 Å². The maximum atomic E-state index is 11.5. The predicted molar refractivity (Wildman–Crippen MR) is 57.1 cm³/mol. The second kappa shape index (κ2) is 5.04. The molecule has 0 aliphatic heterocycles. The fraction of sp³-hybridized carbons (Fsp3) is 0.429. The number of hydrogen-bond donors (Lipinski definition) is 0. The summed E-state index contributed by atoms with van der Waals surface area (Å²) in [6.45, 7) is 0. The third-order valence-corrected chi connectivity index (χ3v) is 3.69. The van der Waals surface area contributed by atoms with Crippen LogP contribution in [-0.2, 0) is 9.84 Å². The minimum Gasteiger partial charge on any atom is -0.226 e. The average molecular weight is 300 g/mol. The van der Waals surface area contributed by atoms with Crippen LogP contribution in [0.5, 0.6) is 0 Å². The number of rotatable bonds is 4. The standard InChI is InChI=1S/C7H8BrClN2O2S/c8-6-4-10-7(11-5-6)14(12,13)3-1-2-9/h4-5H,1-3H2. The van der Waals surface area contributed by atoms with E-state index in [1.54, 1.807) is 0 Å². The van der Waals surface area contributed by atoms with Crippen molar-refractivity contribution in [2.45, 2.75) is 11.6 Å². The number of sulfone groups is 1. The molecule has 0 aromatic carbocycles.